The third kappa shape index (κ3) is 5.36. The number of nitrogens with two attached hydrogens (primary N) is 1. The Kier molecular flexibility index (Phi) is 8.72. The highest BCUT2D eigenvalue weighted by Crippen LogP contribution is 2.29. The van der Waals surface area contributed by atoms with Crippen LogP contribution in [0.1, 0.15) is 17.0 Å². The van der Waals surface area contributed by atoms with Gasteiger partial charge in [-0.3, -0.25) is 9.59 Å². The third-order valence-corrected chi connectivity index (χ3v) is 6.05. The highest BCUT2D eigenvalue weighted by molar-refractivity contribution is 5.97. The topological polar surface area (TPSA) is 104 Å². The van der Waals surface area contributed by atoms with E-state index in [0.29, 0.717) is 11.2 Å². The van der Waals surface area contributed by atoms with Crippen molar-refractivity contribution >= 4 is 47.3 Å². The van der Waals surface area contributed by atoms with E-state index in [1.165, 1.54) is 0 Å². The van der Waals surface area contributed by atoms with Gasteiger partial charge in [0.2, 0.25) is 5.91 Å². The van der Waals surface area contributed by atoms with E-state index in [-0.39, 0.29) is 42.2 Å². The molecule has 0 aliphatic rings. The van der Waals surface area contributed by atoms with Crippen LogP contribution in [0.2, 0.25) is 0 Å². The lowest BCUT2D eigenvalue weighted by Gasteiger charge is -2.24. The van der Waals surface area contributed by atoms with E-state index in [4.69, 9.17) is 5.73 Å². The number of carbonyl (C=O) groups excluding carboxylic acids is 1. The van der Waals surface area contributed by atoms with Gasteiger partial charge in [-0.2, -0.15) is 0 Å². The fourth-order valence-corrected chi connectivity index (χ4v) is 4.35. The van der Waals surface area contributed by atoms with Crippen molar-refractivity contribution in [2.24, 2.45) is 5.73 Å². The van der Waals surface area contributed by atoms with Crippen LogP contribution in [0.5, 0.6) is 0 Å². The molecule has 5 N–H and O–H groups in total. The number of pyridine rings is 1. The number of hydrogen-bond donors (Lipinski definition) is 4. The van der Waals surface area contributed by atoms with Crippen LogP contribution >= 0.6 is 24.8 Å². The molecule has 1 atom stereocenters. The second kappa shape index (κ2) is 11.7. The first-order valence-corrected chi connectivity index (χ1v) is 11.1. The van der Waals surface area contributed by atoms with Gasteiger partial charge >= 0.3 is 0 Å². The van der Waals surface area contributed by atoms with E-state index in [2.05, 4.69) is 15.3 Å². The van der Waals surface area contributed by atoms with Crippen LogP contribution in [0.4, 0.5) is 5.69 Å². The van der Waals surface area contributed by atoms with Crippen LogP contribution in [-0.4, -0.2) is 21.9 Å². The molecule has 0 spiro atoms. The average Bonchev–Trinajstić information content (AvgIpc) is 3.37. The number of anilines is 1. The molecule has 2 heterocycles. The first kappa shape index (κ1) is 26.8. The first-order valence-electron chi connectivity index (χ1n) is 11.1. The molecule has 0 unspecified atom stereocenters. The number of aromatic nitrogens is 2. The predicted octanol–water partition coefficient (Wildman–Crippen LogP) is 5.46. The monoisotopic (exact) mass is 520 g/mol. The van der Waals surface area contributed by atoms with Gasteiger partial charge in [0.05, 0.1) is 6.04 Å². The van der Waals surface area contributed by atoms with E-state index in [1.54, 1.807) is 12.4 Å². The number of rotatable bonds is 6. The fourth-order valence-electron chi connectivity index (χ4n) is 4.35. The van der Waals surface area contributed by atoms with Gasteiger partial charge in [0.15, 0.2) is 0 Å². The number of hydrogen-bond acceptors (Lipinski definition) is 3. The molecule has 1 amide bonds. The second-order valence-electron chi connectivity index (χ2n) is 8.19. The number of amides is 1. The van der Waals surface area contributed by atoms with Crippen molar-refractivity contribution in [2.45, 2.75) is 12.0 Å². The number of benzene rings is 3. The van der Waals surface area contributed by atoms with E-state index >= 15 is 0 Å². The normalized spacial score (nSPS) is 11.4. The van der Waals surface area contributed by atoms with E-state index in [1.807, 2.05) is 91.0 Å². The van der Waals surface area contributed by atoms with Crippen molar-refractivity contribution in [3.05, 3.63) is 125 Å². The summed E-state index contributed by atoms with van der Waals surface area (Å²) in [5.41, 5.74) is 11.3. The Bertz CT molecular complexity index is 1440. The Morgan fingerprint density at radius 2 is 1.36 bits per heavy atom. The molecule has 0 aliphatic carbocycles. The number of fused-ring (bicyclic) bond motifs is 1. The Balaban J connectivity index is 0.00000180. The maximum Gasteiger partial charge on any atom is 0.272 e. The van der Waals surface area contributed by atoms with Crippen LogP contribution in [0.15, 0.2) is 108 Å². The van der Waals surface area contributed by atoms with E-state index < -0.39 is 6.04 Å². The molecule has 6 nitrogen and oxygen atoms in total. The highest BCUT2D eigenvalue weighted by Gasteiger charge is 2.27. The molecule has 0 fully saturated rings. The maximum atomic E-state index is 13.2. The molecule has 2 aromatic heterocycles. The molecule has 8 heteroatoms. The molecule has 0 saturated heterocycles. The van der Waals surface area contributed by atoms with Crippen molar-refractivity contribution < 1.29 is 4.79 Å². The number of H-pyrrole nitrogens is 2. The number of halogens is 2. The SMILES string of the molecule is Cl.Cl.N[C@H](C(=O)Nc1ccc(-c2c[nH]c(=O)c3[nH]ccc23)cc1)C(c1ccccc1)c1ccccc1. The lowest BCUT2D eigenvalue weighted by atomic mass is 9.85. The number of nitrogens with one attached hydrogen (secondary N) is 3. The number of aromatic amines is 2. The van der Waals surface area contributed by atoms with Gasteiger partial charge in [0, 0.05) is 34.9 Å². The van der Waals surface area contributed by atoms with Crippen LogP contribution in [0.25, 0.3) is 22.0 Å². The van der Waals surface area contributed by atoms with Crippen LogP contribution < -0.4 is 16.6 Å². The van der Waals surface area contributed by atoms with Gasteiger partial charge in [0.1, 0.15) is 5.52 Å². The van der Waals surface area contributed by atoms with Crippen molar-refractivity contribution in [3.8, 4) is 11.1 Å². The van der Waals surface area contributed by atoms with Crippen molar-refractivity contribution in [1.82, 2.24) is 9.97 Å². The van der Waals surface area contributed by atoms with E-state index in [0.717, 1.165) is 27.6 Å². The minimum absolute atomic E-state index is 0. The van der Waals surface area contributed by atoms with Gasteiger partial charge in [-0.1, -0.05) is 72.8 Å². The summed E-state index contributed by atoms with van der Waals surface area (Å²) >= 11 is 0. The summed E-state index contributed by atoms with van der Waals surface area (Å²) in [6, 6.07) is 28.3. The smallest absolute Gasteiger partial charge is 0.272 e. The Hall–Kier alpha value is -3.84. The van der Waals surface area contributed by atoms with Gasteiger partial charge in [0.25, 0.3) is 5.56 Å². The molecule has 184 valence electrons. The summed E-state index contributed by atoms with van der Waals surface area (Å²) < 4.78 is 0. The molecule has 0 aliphatic heterocycles. The van der Waals surface area contributed by atoms with Gasteiger partial charge in [-0.15, -0.1) is 24.8 Å². The summed E-state index contributed by atoms with van der Waals surface area (Å²) in [6.45, 7) is 0. The minimum atomic E-state index is -0.775. The highest BCUT2D eigenvalue weighted by atomic mass is 35.5. The molecule has 0 saturated carbocycles. The molecular weight excluding hydrogens is 495 g/mol. The zero-order valence-corrected chi connectivity index (χ0v) is 20.8. The Labute approximate surface area is 220 Å². The summed E-state index contributed by atoms with van der Waals surface area (Å²) in [5, 5.41) is 3.80. The Morgan fingerprint density at radius 1 is 0.778 bits per heavy atom. The third-order valence-electron chi connectivity index (χ3n) is 6.05. The quantitative estimate of drug-likeness (QED) is 0.238. The molecule has 0 radical (unpaired) electrons. The first-order chi connectivity index (χ1) is 16.6. The molecule has 0 bridgehead atoms. The van der Waals surface area contributed by atoms with Crippen molar-refractivity contribution in [2.75, 3.05) is 5.32 Å². The summed E-state index contributed by atoms with van der Waals surface area (Å²) in [5.74, 6) is -0.535. The van der Waals surface area contributed by atoms with Crippen LogP contribution in [0.3, 0.4) is 0 Å². The fraction of sp³-hybridized carbons (Fsp3) is 0.0714. The van der Waals surface area contributed by atoms with Gasteiger partial charge < -0.3 is 21.0 Å². The van der Waals surface area contributed by atoms with Crippen molar-refractivity contribution in [3.63, 3.8) is 0 Å². The van der Waals surface area contributed by atoms with Gasteiger partial charge in [-0.25, -0.2) is 0 Å². The molecule has 5 rings (SSSR count). The summed E-state index contributed by atoms with van der Waals surface area (Å²) in [6.07, 6.45) is 3.45. The predicted molar refractivity (Wildman–Crippen MR) is 150 cm³/mol. The maximum absolute atomic E-state index is 13.2. The summed E-state index contributed by atoms with van der Waals surface area (Å²) in [7, 11) is 0. The zero-order valence-electron chi connectivity index (χ0n) is 19.2. The minimum Gasteiger partial charge on any atom is -0.357 e. The molecular formula is C28H26Cl2N4O2. The zero-order chi connectivity index (χ0) is 23.5. The molecule has 3 aromatic carbocycles. The van der Waals surface area contributed by atoms with Crippen molar-refractivity contribution in [1.29, 1.82) is 0 Å². The standard InChI is InChI=1S/C28H24N4O2.2ClH/c29-25(24(19-7-3-1-4-8-19)20-9-5-2-6-10-20)27(33)32-21-13-11-18(12-14-21)23-17-31-28(34)26-22(23)15-16-30-26;;/h1-17,24-25,30H,29H2,(H,31,34)(H,32,33);2*1H/t25-;;/m0../s1. The second-order valence-corrected chi connectivity index (χ2v) is 8.19. The molecule has 5 aromatic rings. The largest absolute Gasteiger partial charge is 0.357 e. The van der Waals surface area contributed by atoms with Crippen LogP contribution in [-0.2, 0) is 4.79 Å². The van der Waals surface area contributed by atoms with Gasteiger partial charge in [-0.05, 0) is 34.9 Å². The van der Waals surface area contributed by atoms with E-state index in [9.17, 15) is 9.59 Å². The van der Waals surface area contributed by atoms with Crippen LogP contribution in [0, 0.1) is 0 Å². The Morgan fingerprint density at radius 3 is 1.94 bits per heavy atom. The lowest BCUT2D eigenvalue weighted by molar-refractivity contribution is -0.117. The lowest BCUT2D eigenvalue weighted by Crippen LogP contribution is -2.41. The average molecular weight is 521 g/mol. The summed E-state index contributed by atoms with van der Waals surface area (Å²) in [4.78, 5) is 30.9. The number of carbonyl (C=O) groups is 1. The molecule has 36 heavy (non-hydrogen) atoms.